The zero-order chi connectivity index (χ0) is 11.5. The van der Waals surface area contributed by atoms with Crippen molar-refractivity contribution in [3.63, 3.8) is 0 Å². The summed E-state index contributed by atoms with van der Waals surface area (Å²) in [6, 6.07) is 1.56. The summed E-state index contributed by atoms with van der Waals surface area (Å²) in [4.78, 5) is 4.12. The van der Waals surface area contributed by atoms with Crippen LogP contribution < -0.4 is 11.5 Å². The number of nitrogen functional groups attached to an aromatic ring is 1. The minimum absolute atomic E-state index is 0. The Hall–Kier alpha value is -0.900. The average molecular weight is 345 g/mol. The van der Waals surface area contributed by atoms with Crippen LogP contribution in [-0.2, 0) is 0 Å². The highest BCUT2D eigenvalue weighted by atomic mass is 35.5. The highest BCUT2D eigenvalue weighted by molar-refractivity contribution is 6.29. The number of nitrogens with two attached hydrogens (primary N) is 2. The maximum Gasteiger partial charge on any atom is 0.178 e. The molecule has 0 aliphatic rings. The minimum atomic E-state index is 0. The molecule has 0 amide bonds. The van der Waals surface area contributed by atoms with Gasteiger partial charge in [-0.15, -0.1) is 37.2 Å². The van der Waals surface area contributed by atoms with Gasteiger partial charge in [0, 0.05) is 19.0 Å². The normalized spacial score (nSPS) is 8.53. The van der Waals surface area contributed by atoms with Crippen LogP contribution in [0.15, 0.2) is 12.3 Å². The first-order valence-corrected chi connectivity index (χ1v) is 5.09. The van der Waals surface area contributed by atoms with Crippen molar-refractivity contribution in [1.29, 1.82) is 0 Å². The number of halogens is 4. The maximum absolute atomic E-state index is 5.81. The molecule has 0 bridgehead atoms. The molecule has 2 heterocycles. The van der Waals surface area contributed by atoms with Crippen molar-refractivity contribution in [3.8, 4) is 11.8 Å². The van der Waals surface area contributed by atoms with Gasteiger partial charge in [-0.3, -0.25) is 0 Å². The van der Waals surface area contributed by atoms with Crippen LogP contribution in [0.25, 0.3) is 5.65 Å². The van der Waals surface area contributed by atoms with E-state index in [-0.39, 0.29) is 37.2 Å². The molecule has 0 aliphatic heterocycles. The van der Waals surface area contributed by atoms with Crippen molar-refractivity contribution in [2.75, 3.05) is 12.3 Å². The smallest absolute Gasteiger partial charge is 0.178 e. The van der Waals surface area contributed by atoms with Crippen LogP contribution in [0.5, 0.6) is 0 Å². The van der Waals surface area contributed by atoms with Crippen LogP contribution in [0, 0.1) is 11.8 Å². The van der Waals surface area contributed by atoms with Gasteiger partial charge in [0.25, 0.3) is 0 Å². The number of anilines is 1. The lowest BCUT2D eigenvalue weighted by Crippen LogP contribution is -1.99. The molecule has 0 fully saturated rings. The Balaban J connectivity index is 0. The standard InChI is InChI=1S/C10H10ClN5.3ClH/c11-9-5-8(13)10-14-6-7(16(10)15-9)3-1-2-4-12;;;/h5-6H,2,4,12-13H2;3*1H. The zero-order valence-electron chi connectivity index (χ0n) is 9.67. The van der Waals surface area contributed by atoms with Gasteiger partial charge in [-0.25, -0.2) is 9.50 Å². The Morgan fingerprint density at radius 2 is 2.00 bits per heavy atom. The summed E-state index contributed by atoms with van der Waals surface area (Å²) in [5, 5.41) is 4.39. The summed E-state index contributed by atoms with van der Waals surface area (Å²) in [6.07, 6.45) is 2.24. The summed E-state index contributed by atoms with van der Waals surface area (Å²) in [6.45, 7) is 0.528. The van der Waals surface area contributed by atoms with Crippen LogP contribution in [0.2, 0.25) is 5.15 Å². The lowest BCUT2D eigenvalue weighted by molar-refractivity contribution is 0.925. The van der Waals surface area contributed by atoms with E-state index in [2.05, 4.69) is 21.9 Å². The predicted octanol–water partition coefficient (Wildman–Crippen LogP) is 1.93. The molecular formula is C10H13Cl4N5. The molecule has 0 aromatic carbocycles. The van der Waals surface area contributed by atoms with Gasteiger partial charge in [0.05, 0.1) is 11.9 Å². The third kappa shape index (κ3) is 4.60. The molecule has 0 aliphatic carbocycles. The minimum Gasteiger partial charge on any atom is -0.396 e. The number of imidazole rings is 1. The molecule has 2 aromatic heterocycles. The van der Waals surface area contributed by atoms with Crippen LogP contribution >= 0.6 is 48.8 Å². The highest BCUT2D eigenvalue weighted by Gasteiger charge is 2.06. The number of aromatic nitrogens is 3. The molecule has 2 rings (SSSR count). The second kappa shape index (κ2) is 9.08. The Morgan fingerprint density at radius 3 is 2.63 bits per heavy atom. The van der Waals surface area contributed by atoms with Crippen molar-refractivity contribution < 1.29 is 0 Å². The molecule has 5 nitrogen and oxygen atoms in total. The second-order valence-electron chi connectivity index (χ2n) is 3.14. The number of fused-ring (bicyclic) bond motifs is 1. The van der Waals surface area contributed by atoms with Crippen molar-refractivity contribution in [2.24, 2.45) is 5.73 Å². The SMILES string of the molecule is Cl.Cl.Cl.NCCC#Cc1cnc2c(N)cc(Cl)nn12. The fourth-order valence-electron chi connectivity index (χ4n) is 1.27. The maximum atomic E-state index is 5.81. The number of nitrogens with zero attached hydrogens (tertiary/aromatic N) is 3. The first-order chi connectivity index (χ1) is 7.72. The summed E-state index contributed by atoms with van der Waals surface area (Å²) in [5.74, 6) is 5.83. The molecule has 0 atom stereocenters. The summed E-state index contributed by atoms with van der Waals surface area (Å²) >= 11 is 5.81. The Morgan fingerprint density at radius 1 is 1.32 bits per heavy atom. The van der Waals surface area contributed by atoms with Crippen LogP contribution in [0.4, 0.5) is 5.69 Å². The quantitative estimate of drug-likeness (QED) is 0.774. The molecule has 106 valence electrons. The van der Waals surface area contributed by atoms with Gasteiger partial charge in [0.15, 0.2) is 10.8 Å². The van der Waals surface area contributed by atoms with Gasteiger partial charge in [0.1, 0.15) is 5.69 Å². The van der Waals surface area contributed by atoms with Gasteiger partial charge >= 0.3 is 0 Å². The lowest BCUT2D eigenvalue weighted by Gasteiger charge is -1.98. The van der Waals surface area contributed by atoms with Crippen LogP contribution in [0.1, 0.15) is 12.1 Å². The Kier molecular flexibility index (Phi) is 9.75. The molecule has 4 N–H and O–H groups in total. The average Bonchev–Trinajstić information content (AvgIpc) is 2.62. The third-order valence-corrected chi connectivity index (χ3v) is 2.14. The van der Waals surface area contributed by atoms with E-state index in [4.69, 9.17) is 23.1 Å². The molecule has 0 radical (unpaired) electrons. The van der Waals surface area contributed by atoms with E-state index < -0.39 is 0 Å². The van der Waals surface area contributed by atoms with Gasteiger partial charge in [-0.05, 0) is 5.92 Å². The molecule has 2 aromatic rings. The number of rotatable bonds is 1. The fourth-order valence-corrected chi connectivity index (χ4v) is 1.46. The number of hydrogen-bond acceptors (Lipinski definition) is 4. The predicted molar refractivity (Wildman–Crippen MR) is 84.7 cm³/mol. The summed E-state index contributed by atoms with van der Waals surface area (Å²) in [7, 11) is 0. The topological polar surface area (TPSA) is 82.2 Å². The van der Waals surface area contributed by atoms with Gasteiger partial charge in [-0.1, -0.05) is 17.5 Å². The number of hydrogen-bond donors (Lipinski definition) is 2. The van der Waals surface area contributed by atoms with E-state index in [9.17, 15) is 0 Å². The molecule has 19 heavy (non-hydrogen) atoms. The second-order valence-corrected chi connectivity index (χ2v) is 3.53. The molecular weight excluding hydrogens is 332 g/mol. The van der Waals surface area contributed by atoms with Crippen molar-refractivity contribution >= 4 is 60.2 Å². The fraction of sp³-hybridized carbons (Fsp3) is 0.200. The van der Waals surface area contributed by atoms with Crippen LogP contribution in [-0.4, -0.2) is 21.1 Å². The molecule has 0 saturated carbocycles. The first-order valence-electron chi connectivity index (χ1n) is 4.71. The van der Waals surface area contributed by atoms with E-state index in [1.807, 2.05) is 0 Å². The monoisotopic (exact) mass is 343 g/mol. The Labute approximate surface area is 134 Å². The van der Waals surface area contributed by atoms with Gasteiger partial charge in [-0.2, -0.15) is 5.10 Å². The molecule has 9 heteroatoms. The van der Waals surface area contributed by atoms with Crippen molar-refractivity contribution in [3.05, 3.63) is 23.1 Å². The zero-order valence-corrected chi connectivity index (χ0v) is 12.9. The van der Waals surface area contributed by atoms with E-state index in [0.717, 1.165) is 0 Å². The van der Waals surface area contributed by atoms with Gasteiger partial charge in [0.2, 0.25) is 0 Å². The van der Waals surface area contributed by atoms with E-state index >= 15 is 0 Å². The first kappa shape index (κ1) is 20.4. The van der Waals surface area contributed by atoms with E-state index in [1.54, 1.807) is 12.3 Å². The Bertz CT molecular complexity index is 587. The highest BCUT2D eigenvalue weighted by Crippen LogP contribution is 2.16. The van der Waals surface area contributed by atoms with E-state index in [1.165, 1.54) is 4.52 Å². The third-order valence-electron chi connectivity index (χ3n) is 1.95. The lowest BCUT2D eigenvalue weighted by atomic mass is 10.4. The van der Waals surface area contributed by atoms with Crippen LogP contribution in [0.3, 0.4) is 0 Å². The largest absolute Gasteiger partial charge is 0.396 e. The summed E-state index contributed by atoms with van der Waals surface area (Å²) in [5.41, 5.74) is 12.8. The molecule has 0 saturated heterocycles. The van der Waals surface area contributed by atoms with Crippen molar-refractivity contribution in [1.82, 2.24) is 14.6 Å². The molecule has 0 unspecified atom stereocenters. The van der Waals surface area contributed by atoms with E-state index in [0.29, 0.717) is 35.1 Å². The summed E-state index contributed by atoms with van der Waals surface area (Å²) < 4.78 is 1.53. The molecule has 0 spiro atoms. The van der Waals surface area contributed by atoms with Crippen molar-refractivity contribution in [2.45, 2.75) is 6.42 Å². The van der Waals surface area contributed by atoms with Gasteiger partial charge < -0.3 is 11.5 Å².